The topological polar surface area (TPSA) is 95.9 Å². The van der Waals surface area contributed by atoms with Crippen LogP contribution in [0, 0.1) is 0 Å². The zero-order valence-electron chi connectivity index (χ0n) is 20.1. The molecule has 0 saturated heterocycles. The van der Waals surface area contributed by atoms with Gasteiger partial charge in [-0.05, 0) is 65.1 Å². The molecule has 0 aromatic heterocycles. The van der Waals surface area contributed by atoms with E-state index in [1.807, 2.05) is 0 Å². The Bertz CT molecular complexity index is 429. The van der Waals surface area contributed by atoms with Crippen molar-refractivity contribution in [2.24, 2.45) is 4.99 Å². The first-order chi connectivity index (χ1) is 14.4. The van der Waals surface area contributed by atoms with Gasteiger partial charge in [0.2, 0.25) is 0 Å². The number of aliphatic imine (C=N–C) groups is 1. The van der Waals surface area contributed by atoms with E-state index in [-0.39, 0.29) is 37.7 Å². The number of hydrogen-bond donors (Lipinski definition) is 0. The van der Waals surface area contributed by atoms with Gasteiger partial charge in [0.1, 0.15) is 0 Å². The number of rotatable bonds is 1. The predicted octanol–water partition coefficient (Wildman–Crippen LogP) is 2.74. The molecule has 2 aliphatic rings. The van der Waals surface area contributed by atoms with Gasteiger partial charge >= 0.3 is 37.7 Å². The van der Waals surface area contributed by atoms with Crippen LogP contribution >= 0.6 is 0 Å². The molecule has 6 nitrogen and oxygen atoms in total. The SMILES string of the molecule is C1=NCCCN(C2CCCCCCCCCC2)CCCCC1.CC(=O)[O-].CC(=O)[O-].[Ca+2]. The summed E-state index contributed by atoms with van der Waals surface area (Å²) in [5, 5.41) is 17.8. The molecule has 0 spiro atoms. The van der Waals surface area contributed by atoms with Crippen molar-refractivity contribution in [1.82, 2.24) is 4.90 Å². The van der Waals surface area contributed by atoms with Gasteiger partial charge in [-0.15, -0.1) is 0 Å². The normalized spacial score (nSPS) is 20.1. The fraction of sp³-hybridized carbons (Fsp3) is 0.875. The average molecular weight is 465 g/mol. The largest absolute Gasteiger partial charge is 2.00 e. The molecule has 0 N–H and O–H groups in total. The van der Waals surface area contributed by atoms with Crippen molar-refractivity contribution in [2.75, 3.05) is 19.6 Å². The molecule has 0 radical (unpaired) electrons. The Hall–Kier alpha value is -0.170. The number of hydrogen-bond acceptors (Lipinski definition) is 6. The molecule has 2 rings (SSSR count). The second kappa shape index (κ2) is 24.5. The predicted molar refractivity (Wildman–Crippen MR) is 125 cm³/mol. The van der Waals surface area contributed by atoms with Crippen molar-refractivity contribution in [1.29, 1.82) is 0 Å². The van der Waals surface area contributed by atoms with E-state index in [0.717, 1.165) is 26.4 Å². The third kappa shape index (κ3) is 26.0. The fourth-order valence-corrected chi connectivity index (χ4v) is 4.08. The van der Waals surface area contributed by atoms with E-state index in [4.69, 9.17) is 19.8 Å². The first-order valence-electron chi connectivity index (χ1n) is 12.0. The molecule has 1 aliphatic heterocycles. The van der Waals surface area contributed by atoms with Crippen LogP contribution in [0.5, 0.6) is 0 Å². The molecular formula is C24H44CaN2O4. The molecule has 1 aliphatic carbocycles. The zero-order valence-corrected chi connectivity index (χ0v) is 22.3. The minimum absolute atomic E-state index is 0. The Morgan fingerprint density at radius 1 is 0.742 bits per heavy atom. The average Bonchev–Trinajstić information content (AvgIpc) is 2.77. The summed E-state index contributed by atoms with van der Waals surface area (Å²) in [4.78, 5) is 25.2. The van der Waals surface area contributed by atoms with E-state index in [1.54, 1.807) is 0 Å². The summed E-state index contributed by atoms with van der Waals surface area (Å²) < 4.78 is 0. The molecular weight excluding hydrogens is 420 g/mol. The molecule has 0 unspecified atom stereocenters. The maximum absolute atomic E-state index is 8.89. The van der Waals surface area contributed by atoms with Crippen LogP contribution in [0.1, 0.15) is 110 Å². The molecule has 0 atom stereocenters. The number of carboxylic acids is 2. The van der Waals surface area contributed by atoms with Gasteiger partial charge in [0, 0.05) is 31.1 Å². The summed E-state index contributed by atoms with van der Waals surface area (Å²) in [6.07, 6.45) is 23.4. The van der Waals surface area contributed by atoms with Crippen molar-refractivity contribution < 1.29 is 19.8 Å². The van der Waals surface area contributed by atoms with Gasteiger partial charge in [0.15, 0.2) is 0 Å². The Balaban J connectivity index is 0. The minimum atomic E-state index is -1.08. The molecule has 1 heterocycles. The van der Waals surface area contributed by atoms with Crippen LogP contribution in [-0.2, 0) is 9.59 Å². The molecule has 0 bridgehead atoms. The fourth-order valence-electron chi connectivity index (χ4n) is 4.08. The monoisotopic (exact) mass is 464 g/mol. The zero-order chi connectivity index (χ0) is 22.5. The number of carbonyl (C=O) groups excluding carboxylic acids is 2. The minimum Gasteiger partial charge on any atom is -0.550 e. The second-order valence-corrected chi connectivity index (χ2v) is 8.37. The molecule has 176 valence electrons. The third-order valence-electron chi connectivity index (χ3n) is 5.48. The van der Waals surface area contributed by atoms with E-state index in [0.29, 0.717) is 0 Å². The van der Waals surface area contributed by atoms with Crippen LogP contribution in [0.25, 0.3) is 0 Å². The van der Waals surface area contributed by atoms with Crippen LogP contribution in [0.2, 0.25) is 0 Å². The van der Waals surface area contributed by atoms with E-state index >= 15 is 0 Å². The van der Waals surface area contributed by atoms with Gasteiger partial charge in [-0.25, -0.2) is 0 Å². The summed E-state index contributed by atoms with van der Waals surface area (Å²) >= 11 is 0. The molecule has 1 fully saturated rings. The van der Waals surface area contributed by atoms with Gasteiger partial charge in [-0.2, -0.15) is 0 Å². The quantitative estimate of drug-likeness (QED) is 0.556. The summed E-state index contributed by atoms with van der Waals surface area (Å²) in [5.74, 6) is -2.17. The van der Waals surface area contributed by atoms with Crippen molar-refractivity contribution in [3.05, 3.63) is 0 Å². The number of carboxylic acid groups (broad SMARTS) is 2. The molecule has 31 heavy (non-hydrogen) atoms. The van der Waals surface area contributed by atoms with E-state index in [9.17, 15) is 0 Å². The molecule has 0 aromatic rings. The second-order valence-electron chi connectivity index (χ2n) is 8.37. The number of aliphatic carboxylic acids is 2. The van der Waals surface area contributed by atoms with Crippen LogP contribution in [0.3, 0.4) is 0 Å². The Kier molecular flexibility index (Phi) is 26.1. The maximum atomic E-state index is 8.89. The van der Waals surface area contributed by atoms with Crippen LogP contribution in [-0.4, -0.2) is 86.5 Å². The van der Waals surface area contributed by atoms with Crippen molar-refractivity contribution >= 4 is 55.9 Å². The Morgan fingerprint density at radius 2 is 1.16 bits per heavy atom. The van der Waals surface area contributed by atoms with Crippen molar-refractivity contribution in [3.63, 3.8) is 0 Å². The van der Waals surface area contributed by atoms with E-state index in [2.05, 4.69) is 16.1 Å². The molecule has 1 saturated carbocycles. The van der Waals surface area contributed by atoms with Gasteiger partial charge < -0.3 is 24.7 Å². The summed E-state index contributed by atoms with van der Waals surface area (Å²) in [6.45, 7) is 5.61. The van der Waals surface area contributed by atoms with Gasteiger partial charge in [-0.1, -0.05) is 57.8 Å². The van der Waals surface area contributed by atoms with Crippen LogP contribution < -0.4 is 10.2 Å². The van der Waals surface area contributed by atoms with E-state index in [1.165, 1.54) is 109 Å². The number of nitrogens with zero attached hydrogens (tertiary/aromatic N) is 2. The van der Waals surface area contributed by atoms with Crippen LogP contribution in [0.4, 0.5) is 0 Å². The molecule has 0 aromatic carbocycles. The first kappa shape index (κ1) is 33.0. The van der Waals surface area contributed by atoms with Gasteiger partial charge in [-0.3, -0.25) is 4.99 Å². The number of carbonyl (C=O) groups is 2. The Labute approximate surface area is 220 Å². The maximum Gasteiger partial charge on any atom is 2.00 e. The third-order valence-corrected chi connectivity index (χ3v) is 5.48. The van der Waals surface area contributed by atoms with Crippen molar-refractivity contribution in [2.45, 2.75) is 116 Å². The van der Waals surface area contributed by atoms with Crippen LogP contribution in [0.15, 0.2) is 4.99 Å². The van der Waals surface area contributed by atoms with Crippen molar-refractivity contribution in [3.8, 4) is 0 Å². The summed E-state index contributed by atoms with van der Waals surface area (Å²) in [5.41, 5.74) is 0. The van der Waals surface area contributed by atoms with E-state index < -0.39 is 11.9 Å². The standard InChI is InChI=1S/C20H38N2.2C2H4O2.Ca/c1-2-4-6-10-15-20(14-9-5-3-1)22-18-12-8-7-11-16-21-17-13-19-22;2*1-2(3)4;/h16,20H,1-15,17-19H2;2*1H3,(H,3,4);/q;;;+2/p-2. The smallest absolute Gasteiger partial charge is 0.550 e. The van der Waals surface area contributed by atoms with Gasteiger partial charge in [0.05, 0.1) is 0 Å². The molecule has 0 amide bonds. The Morgan fingerprint density at radius 3 is 1.68 bits per heavy atom. The molecule has 7 heteroatoms. The van der Waals surface area contributed by atoms with Gasteiger partial charge in [0.25, 0.3) is 0 Å². The summed E-state index contributed by atoms with van der Waals surface area (Å²) in [7, 11) is 0. The first-order valence-corrected chi connectivity index (χ1v) is 12.0. The summed E-state index contributed by atoms with van der Waals surface area (Å²) in [6, 6.07) is 0.864.